The molecule has 90 valence electrons. The molecule has 2 fully saturated rings. The number of nitrogens with zero attached hydrogens (tertiary/aromatic N) is 1. The van der Waals surface area contributed by atoms with Crippen LogP contribution >= 0.6 is 0 Å². The molecule has 2 saturated heterocycles. The molecule has 17 heavy (non-hydrogen) atoms. The van der Waals surface area contributed by atoms with Crippen LogP contribution in [0.2, 0.25) is 0 Å². The molecule has 0 aliphatic carbocycles. The molecule has 0 saturated carbocycles. The minimum Gasteiger partial charge on any atom is -0.373 e. The molecular weight excluding hydrogens is 218 g/mol. The summed E-state index contributed by atoms with van der Waals surface area (Å²) in [5, 5.41) is 3.29. The topological polar surface area (TPSA) is 77.2 Å². The Labute approximate surface area is 99.4 Å². The van der Waals surface area contributed by atoms with Crippen molar-refractivity contribution in [2.75, 3.05) is 5.32 Å². The lowest BCUT2D eigenvalue weighted by molar-refractivity contribution is 0.0997. The lowest BCUT2D eigenvalue weighted by Gasteiger charge is -2.21. The monoisotopic (exact) mass is 233 g/mol. The lowest BCUT2D eigenvalue weighted by Crippen LogP contribution is -2.32. The van der Waals surface area contributed by atoms with Gasteiger partial charge in [-0.2, -0.15) is 0 Å². The van der Waals surface area contributed by atoms with Gasteiger partial charge in [0.1, 0.15) is 5.82 Å². The van der Waals surface area contributed by atoms with Gasteiger partial charge in [-0.3, -0.25) is 4.79 Å². The largest absolute Gasteiger partial charge is 0.373 e. The molecule has 3 rings (SSSR count). The number of carbonyl (C=O) groups excluding carboxylic acids is 1. The summed E-state index contributed by atoms with van der Waals surface area (Å²) in [6, 6.07) is 3.65. The van der Waals surface area contributed by atoms with Crippen molar-refractivity contribution in [3.8, 4) is 0 Å². The number of nitrogens with one attached hydrogen (secondary N) is 1. The van der Waals surface area contributed by atoms with Gasteiger partial charge in [0, 0.05) is 6.20 Å². The number of hydrogen-bond donors (Lipinski definition) is 2. The average molecular weight is 233 g/mol. The average Bonchev–Trinajstić information content (AvgIpc) is 2.91. The predicted octanol–water partition coefficient (Wildman–Crippen LogP) is 0.912. The van der Waals surface area contributed by atoms with E-state index < -0.39 is 5.91 Å². The van der Waals surface area contributed by atoms with Gasteiger partial charge < -0.3 is 15.8 Å². The molecule has 0 spiro atoms. The van der Waals surface area contributed by atoms with E-state index in [-0.39, 0.29) is 12.1 Å². The second-order valence-electron chi connectivity index (χ2n) is 4.62. The molecule has 2 aliphatic heterocycles. The minimum absolute atomic E-state index is 0.252. The van der Waals surface area contributed by atoms with E-state index >= 15 is 0 Å². The van der Waals surface area contributed by atoms with E-state index in [4.69, 9.17) is 10.5 Å². The summed E-state index contributed by atoms with van der Waals surface area (Å²) in [6.45, 7) is 0. The van der Waals surface area contributed by atoms with Gasteiger partial charge in [0.25, 0.3) is 5.91 Å². The van der Waals surface area contributed by atoms with Gasteiger partial charge in [0.05, 0.1) is 23.8 Å². The second-order valence-corrected chi connectivity index (χ2v) is 4.62. The zero-order chi connectivity index (χ0) is 11.8. The standard InChI is InChI=1S/C12H15N3O2/c13-11(16)8-2-1-5-14-12(8)15-9-6-7-3-4-10(9)17-7/h1-2,5,7,9-10H,3-4,6H2,(H2,13,16)(H,14,15). The smallest absolute Gasteiger partial charge is 0.252 e. The van der Waals surface area contributed by atoms with Gasteiger partial charge >= 0.3 is 0 Å². The van der Waals surface area contributed by atoms with Gasteiger partial charge in [-0.25, -0.2) is 4.98 Å². The molecule has 1 amide bonds. The fourth-order valence-corrected chi connectivity index (χ4v) is 2.68. The molecule has 3 unspecified atom stereocenters. The van der Waals surface area contributed by atoms with E-state index in [1.54, 1.807) is 18.3 Å². The third-order valence-electron chi connectivity index (χ3n) is 3.50. The Bertz CT molecular complexity index is 449. The number of rotatable bonds is 3. The van der Waals surface area contributed by atoms with E-state index in [1.165, 1.54) is 0 Å². The van der Waals surface area contributed by atoms with Gasteiger partial charge in [0.15, 0.2) is 0 Å². The summed E-state index contributed by atoms with van der Waals surface area (Å²) in [5.74, 6) is 0.117. The zero-order valence-electron chi connectivity index (χ0n) is 9.43. The number of anilines is 1. The molecule has 5 nitrogen and oxygen atoms in total. The van der Waals surface area contributed by atoms with Crippen LogP contribution in [-0.4, -0.2) is 29.1 Å². The molecule has 5 heteroatoms. The van der Waals surface area contributed by atoms with Crippen LogP contribution in [0.3, 0.4) is 0 Å². The van der Waals surface area contributed by atoms with Crippen LogP contribution in [0.15, 0.2) is 18.3 Å². The number of amides is 1. The van der Waals surface area contributed by atoms with Crippen LogP contribution in [0.25, 0.3) is 0 Å². The number of carbonyl (C=O) groups is 1. The van der Waals surface area contributed by atoms with Crippen molar-refractivity contribution in [3.05, 3.63) is 23.9 Å². The molecule has 3 atom stereocenters. The minimum atomic E-state index is -0.454. The van der Waals surface area contributed by atoms with Crippen LogP contribution < -0.4 is 11.1 Å². The van der Waals surface area contributed by atoms with Crippen LogP contribution in [0.1, 0.15) is 29.6 Å². The number of hydrogen-bond acceptors (Lipinski definition) is 4. The highest BCUT2D eigenvalue weighted by atomic mass is 16.5. The van der Waals surface area contributed by atoms with Gasteiger partial charge in [-0.15, -0.1) is 0 Å². The fourth-order valence-electron chi connectivity index (χ4n) is 2.68. The summed E-state index contributed by atoms with van der Waals surface area (Å²) in [5.41, 5.74) is 5.75. The Morgan fingerprint density at radius 1 is 1.53 bits per heavy atom. The maximum Gasteiger partial charge on any atom is 0.252 e. The fraction of sp³-hybridized carbons (Fsp3) is 0.500. The van der Waals surface area contributed by atoms with Crippen molar-refractivity contribution in [1.82, 2.24) is 4.98 Å². The molecule has 2 aliphatic rings. The highest BCUT2D eigenvalue weighted by Gasteiger charge is 2.41. The lowest BCUT2D eigenvalue weighted by atomic mass is 9.95. The molecular formula is C12H15N3O2. The van der Waals surface area contributed by atoms with Gasteiger partial charge in [-0.1, -0.05) is 0 Å². The first-order chi connectivity index (χ1) is 8.24. The van der Waals surface area contributed by atoms with Crippen LogP contribution in [0.5, 0.6) is 0 Å². The van der Waals surface area contributed by atoms with Crippen molar-refractivity contribution in [2.45, 2.75) is 37.5 Å². The number of ether oxygens (including phenoxy) is 1. The molecule has 1 aromatic rings. The Hall–Kier alpha value is -1.62. The maximum absolute atomic E-state index is 11.3. The van der Waals surface area contributed by atoms with Crippen molar-refractivity contribution < 1.29 is 9.53 Å². The van der Waals surface area contributed by atoms with Crippen molar-refractivity contribution >= 4 is 11.7 Å². The quantitative estimate of drug-likeness (QED) is 0.813. The summed E-state index contributed by atoms with van der Waals surface area (Å²) < 4.78 is 5.75. The SMILES string of the molecule is NC(=O)c1cccnc1NC1CC2CCC1O2. The number of primary amides is 1. The summed E-state index contributed by atoms with van der Waals surface area (Å²) in [7, 11) is 0. The van der Waals surface area contributed by atoms with Crippen molar-refractivity contribution in [1.29, 1.82) is 0 Å². The van der Waals surface area contributed by atoms with E-state index in [0.29, 0.717) is 17.5 Å². The van der Waals surface area contributed by atoms with E-state index in [9.17, 15) is 4.79 Å². The summed E-state index contributed by atoms with van der Waals surface area (Å²) >= 11 is 0. The first-order valence-corrected chi connectivity index (χ1v) is 5.91. The third kappa shape index (κ3) is 1.86. The van der Waals surface area contributed by atoms with E-state index in [2.05, 4.69) is 10.3 Å². The second kappa shape index (κ2) is 4.00. The Morgan fingerprint density at radius 3 is 3.06 bits per heavy atom. The van der Waals surface area contributed by atoms with Crippen LogP contribution in [0, 0.1) is 0 Å². The molecule has 2 bridgehead atoms. The van der Waals surface area contributed by atoms with Crippen molar-refractivity contribution in [3.63, 3.8) is 0 Å². The zero-order valence-corrected chi connectivity index (χ0v) is 9.43. The van der Waals surface area contributed by atoms with Gasteiger partial charge in [-0.05, 0) is 31.4 Å². The molecule has 3 N–H and O–H groups in total. The first-order valence-electron chi connectivity index (χ1n) is 5.91. The maximum atomic E-state index is 11.3. The van der Waals surface area contributed by atoms with Crippen LogP contribution in [-0.2, 0) is 4.74 Å². The molecule has 0 radical (unpaired) electrons. The summed E-state index contributed by atoms with van der Waals surface area (Å²) in [6.07, 6.45) is 5.50. The Morgan fingerprint density at radius 2 is 2.41 bits per heavy atom. The number of nitrogens with two attached hydrogens (primary N) is 1. The highest BCUT2D eigenvalue weighted by molar-refractivity contribution is 5.97. The van der Waals surface area contributed by atoms with E-state index in [1.807, 2.05) is 0 Å². The number of fused-ring (bicyclic) bond motifs is 2. The first kappa shape index (κ1) is 10.5. The number of pyridine rings is 1. The van der Waals surface area contributed by atoms with Gasteiger partial charge in [0.2, 0.25) is 0 Å². The Kier molecular flexibility index (Phi) is 2.48. The molecule has 3 heterocycles. The van der Waals surface area contributed by atoms with Crippen molar-refractivity contribution in [2.24, 2.45) is 5.73 Å². The Balaban J connectivity index is 1.79. The highest BCUT2D eigenvalue weighted by Crippen LogP contribution is 2.35. The summed E-state index contributed by atoms with van der Waals surface area (Å²) in [4.78, 5) is 15.4. The predicted molar refractivity (Wildman–Crippen MR) is 62.7 cm³/mol. The third-order valence-corrected chi connectivity index (χ3v) is 3.50. The molecule has 0 aromatic carbocycles. The van der Waals surface area contributed by atoms with Crippen LogP contribution in [0.4, 0.5) is 5.82 Å². The number of aromatic nitrogens is 1. The van der Waals surface area contributed by atoms with E-state index in [0.717, 1.165) is 19.3 Å². The molecule has 1 aromatic heterocycles. The normalized spacial score (nSPS) is 30.5.